The minimum absolute atomic E-state index is 0.286. The Kier molecular flexibility index (Phi) is 4.55. The van der Waals surface area contributed by atoms with Crippen molar-refractivity contribution >= 4 is 15.7 Å². The lowest BCUT2D eigenvalue weighted by Gasteiger charge is -2.39. The van der Waals surface area contributed by atoms with Crippen molar-refractivity contribution in [2.75, 3.05) is 23.9 Å². The summed E-state index contributed by atoms with van der Waals surface area (Å²) < 4.78 is 30.0. The van der Waals surface area contributed by atoms with E-state index in [4.69, 9.17) is 0 Å². The lowest BCUT2D eigenvalue weighted by molar-refractivity contribution is 0.189. The normalized spacial score (nSPS) is 21.1. The highest BCUT2D eigenvalue weighted by Gasteiger charge is 2.56. The second-order valence-corrected chi connectivity index (χ2v) is 10.4. The number of para-hydroxylation sites is 1. The predicted octanol–water partition coefficient (Wildman–Crippen LogP) is 2.72. The number of likely N-dealkylation sites (tertiary alicyclic amines) is 1. The van der Waals surface area contributed by atoms with Gasteiger partial charge in [0.1, 0.15) is 4.75 Å². The van der Waals surface area contributed by atoms with Gasteiger partial charge >= 0.3 is 0 Å². The molecule has 1 aromatic carbocycles. The highest BCUT2D eigenvalue weighted by atomic mass is 32.2. The second kappa shape index (κ2) is 6.63. The maximum absolute atomic E-state index is 13.6. The third-order valence-corrected chi connectivity index (χ3v) is 8.35. The number of nitrogens with zero attached hydrogens (tertiary/aromatic N) is 4. The van der Waals surface area contributed by atoms with E-state index in [1.165, 1.54) is 5.56 Å². The Morgan fingerprint density at radius 1 is 1.19 bits per heavy atom. The topological polar surface area (TPSA) is 58.4 Å². The van der Waals surface area contributed by atoms with Crippen molar-refractivity contribution in [3.8, 4) is 0 Å². The maximum atomic E-state index is 13.6. The summed E-state index contributed by atoms with van der Waals surface area (Å²) in [4.78, 5) is 2.34. The average Bonchev–Trinajstić information content (AvgIpc) is 3.11. The van der Waals surface area contributed by atoms with E-state index in [1.807, 2.05) is 48.4 Å². The number of benzene rings is 1. The summed E-state index contributed by atoms with van der Waals surface area (Å²) in [7, 11) is -1.49. The number of rotatable bonds is 4. The standard InChI is InChI=1S/C20H28N4O2S/c1-16(2)13-24-19-7-5-4-6-18(19)20(27(24,25)26)8-10-23(11-9-20)15-17-12-21-22(3)14-17/h4-7,12,14,16H,8-11,13,15H2,1-3H3. The Morgan fingerprint density at radius 3 is 2.52 bits per heavy atom. The van der Waals surface area contributed by atoms with Crippen molar-refractivity contribution in [2.45, 2.75) is 38.0 Å². The van der Waals surface area contributed by atoms with Crippen LogP contribution in [-0.2, 0) is 28.4 Å². The molecule has 7 heteroatoms. The number of piperidine rings is 1. The van der Waals surface area contributed by atoms with Crippen LogP contribution < -0.4 is 4.31 Å². The van der Waals surface area contributed by atoms with E-state index in [1.54, 1.807) is 4.31 Å². The largest absolute Gasteiger partial charge is 0.299 e. The molecule has 0 saturated carbocycles. The molecule has 4 rings (SSSR count). The van der Waals surface area contributed by atoms with E-state index < -0.39 is 14.8 Å². The summed E-state index contributed by atoms with van der Waals surface area (Å²) >= 11 is 0. The average molecular weight is 389 g/mol. The van der Waals surface area contributed by atoms with Gasteiger partial charge in [-0.1, -0.05) is 32.0 Å². The van der Waals surface area contributed by atoms with Crippen molar-refractivity contribution in [3.05, 3.63) is 47.8 Å². The van der Waals surface area contributed by atoms with Gasteiger partial charge in [-0.25, -0.2) is 8.42 Å². The first-order chi connectivity index (χ1) is 12.8. The summed E-state index contributed by atoms with van der Waals surface area (Å²) in [5.74, 6) is 0.286. The number of anilines is 1. The first-order valence-electron chi connectivity index (χ1n) is 9.65. The summed E-state index contributed by atoms with van der Waals surface area (Å²) in [5.41, 5.74) is 3.04. The lowest BCUT2D eigenvalue weighted by atomic mass is 9.87. The fraction of sp³-hybridized carbons (Fsp3) is 0.550. The molecule has 0 unspecified atom stereocenters. The number of aryl methyl sites for hydroxylation is 1. The van der Waals surface area contributed by atoms with Gasteiger partial charge < -0.3 is 0 Å². The fourth-order valence-electron chi connectivity index (χ4n) is 4.50. The zero-order valence-corrected chi connectivity index (χ0v) is 17.1. The van der Waals surface area contributed by atoms with E-state index in [0.717, 1.165) is 30.9 Å². The van der Waals surface area contributed by atoms with E-state index >= 15 is 0 Å². The van der Waals surface area contributed by atoms with Crippen LogP contribution >= 0.6 is 0 Å². The van der Waals surface area contributed by atoms with Crippen LogP contribution in [0, 0.1) is 5.92 Å². The molecular weight excluding hydrogens is 360 g/mol. The van der Waals surface area contributed by atoms with Crippen LogP contribution in [0.25, 0.3) is 0 Å². The van der Waals surface area contributed by atoms with Gasteiger partial charge in [0.2, 0.25) is 10.0 Å². The molecule has 0 bridgehead atoms. The van der Waals surface area contributed by atoms with Gasteiger partial charge in [0.05, 0.1) is 11.9 Å². The highest BCUT2D eigenvalue weighted by molar-refractivity contribution is 7.94. The van der Waals surface area contributed by atoms with Crippen molar-refractivity contribution in [1.82, 2.24) is 14.7 Å². The summed E-state index contributed by atoms with van der Waals surface area (Å²) in [6.07, 6.45) is 5.19. The van der Waals surface area contributed by atoms with E-state index in [0.29, 0.717) is 19.4 Å². The van der Waals surface area contributed by atoms with Crippen molar-refractivity contribution < 1.29 is 8.42 Å². The molecule has 0 atom stereocenters. The molecule has 1 spiro atoms. The first kappa shape index (κ1) is 18.5. The minimum atomic E-state index is -3.41. The molecule has 0 amide bonds. The van der Waals surface area contributed by atoms with Crippen LogP contribution in [0.5, 0.6) is 0 Å². The van der Waals surface area contributed by atoms with E-state index in [-0.39, 0.29) is 5.92 Å². The Balaban J connectivity index is 1.61. The van der Waals surface area contributed by atoms with Crippen molar-refractivity contribution in [1.29, 1.82) is 0 Å². The minimum Gasteiger partial charge on any atom is -0.299 e. The summed E-state index contributed by atoms with van der Waals surface area (Å²) in [5, 5.41) is 4.23. The molecule has 146 valence electrons. The molecule has 6 nitrogen and oxygen atoms in total. The quantitative estimate of drug-likeness (QED) is 0.808. The Hall–Kier alpha value is -1.86. The van der Waals surface area contributed by atoms with Gasteiger partial charge in [-0.05, 0) is 30.4 Å². The first-order valence-corrected chi connectivity index (χ1v) is 11.1. The van der Waals surface area contributed by atoms with Crippen LogP contribution in [0.15, 0.2) is 36.7 Å². The molecule has 0 radical (unpaired) electrons. The van der Waals surface area contributed by atoms with Gasteiger partial charge in [0.15, 0.2) is 0 Å². The Labute approximate surface area is 161 Å². The van der Waals surface area contributed by atoms with Gasteiger partial charge in [0.25, 0.3) is 0 Å². The molecule has 0 aliphatic carbocycles. The van der Waals surface area contributed by atoms with E-state index in [9.17, 15) is 8.42 Å². The van der Waals surface area contributed by atoms with Gasteiger partial charge in [-0.15, -0.1) is 0 Å². The Bertz CT molecular complexity index is 927. The zero-order chi connectivity index (χ0) is 19.2. The summed E-state index contributed by atoms with van der Waals surface area (Å²) in [6, 6.07) is 7.89. The molecule has 27 heavy (non-hydrogen) atoms. The van der Waals surface area contributed by atoms with Crippen molar-refractivity contribution in [2.24, 2.45) is 13.0 Å². The van der Waals surface area contributed by atoms with Gasteiger partial charge in [-0.3, -0.25) is 13.9 Å². The third kappa shape index (κ3) is 2.97. The monoisotopic (exact) mass is 388 g/mol. The number of aromatic nitrogens is 2. The molecular formula is C20H28N4O2S. The fourth-order valence-corrected chi connectivity index (χ4v) is 6.98. The number of hydrogen-bond donors (Lipinski definition) is 0. The molecule has 0 N–H and O–H groups in total. The smallest absolute Gasteiger partial charge is 0.245 e. The molecule has 1 saturated heterocycles. The summed E-state index contributed by atoms with van der Waals surface area (Å²) in [6.45, 7) is 7.05. The zero-order valence-electron chi connectivity index (χ0n) is 16.3. The number of hydrogen-bond acceptors (Lipinski definition) is 4. The molecule has 2 aliphatic rings. The van der Waals surface area contributed by atoms with Gasteiger partial charge in [-0.2, -0.15) is 5.10 Å². The number of fused-ring (bicyclic) bond motifs is 2. The molecule has 1 aromatic heterocycles. The molecule has 2 aliphatic heterocycles. The van der Waals surface area contributed by atoms with Crippen LogP contribution in [0.3, 0.4) is 0 Å². The Morgan fingerprint density at radius 2 is 1.89 bits per heavy atom. The predicted molar refractivity (Wildman–Crippen MR) is 107 cm³/mol. The van der Waals surface area contributed by atoms with Crippen LogP contribution in [-0.4, -0.2) is 42.7 Å². The second-order valence-electron chi connectivity index (χ2n) is 8.24. The maximum Gasteiger partial charge on any atom is 0.245 e. The SMILES string of the molecule is CC(C)CN1c2ccccc2C2(CCN(Cc3cnn(C)c3)CC2)S1(=O)=O. The van der Waals surface area contributed by atoms with Crippen LogP contribution in [0.2, 0.25) is 0 Å². The molecule has 3 heterocycles. The molecule has 1 fully saturated rings. The third-order valence-electron chi connectivity index (χ3n) is 5.81. The number of sulfonamides is 1. The van der Waals surface area contributed by atoms with E-state index in [2.05, 4.69) is 23.8 Å². The molecule has 2 aromatic rings. The van der Waals surface area contributed by atoms with Gasteiger partial charge in [0, 0.05) is 45.0 Å². The van der Waals surface area contributed by atoms with Crippen LogP contribution in [0.4, 0.5) is 5.69 Å². The lowest BCUT2D eigenvalue weighted by Crippen LogP contribution is -2.48. The van der Waals surface area contributed by atoms with Crippen molar-refractivity contribution in [3.63, 3.8) is 0 Å². The highest BCUT2D eigenvalue weighted by Crippen LogP contribution is 2.52. The van der Waals surface area contributed by atoms with Crippen LogP contribution in [0.1, 0.15) is 37.8 Å².